The number of carbonyl (C=O) groups excluding carboxylic acids is 1. The van der Waals surface area contributed by atoms with E-state index >= 15 is 0 Å². The first-order valence-corrected chi connectivity index (χ1v) is 7.67. The van der Waals surface area contributed by atoms with E-state index in [-0.39, 0.29) is 12.4 Å². The Morgan fingerprint density at radius 1 is 1.21 bits per heavy atom. The number of nitrogens with one attached hydrogen (secondary N) is 1. The maximum absolute atomic E-state index is 13.9. The third kappa shape index (κ3) is 5.43. The van der Waals surface area contributed by atoms with Crippen molar-refractivity contribution in [3.8, 4) is 5.75 Å². The van der Waals surface area contributed by atoms with Crippen molar-refractivity contribution in [3.05, 3.63) is 71.7 Å². The van der Waals surface area contributed by atoms with Crippen molar-refractivity contribution in [2.24, 2.45) is 0 Å². The quantitative estimate of drug-likeness (QED) is 0.608. The number of rotatable bonds is 7. The summed E-state index contributed by atoms with van der Waals surface area (Å²) in [6.07, 6.45) is 1.34. The third-order valence-electron chi connectivity index (χ3n) is 3.13. The maximum Gasteiger partial charge on any atom is 0.332 e. The van der Waals surface area contributed by atoms with Gasteiger partial charge in [0.1, 0.15) is 6.61 Å². The summed E-state index contributed by atoms with van der Waals surface area (Å²) in [5, 5.41) is 3.01. The molecule has 4 nitrogen and oxygen atoms in total. The van der Waals surface area contributed by atoms with E-state index in [0.29, 0.717) is 18.0 Å². The average molecular weight is 329 g/mol. The highest BCUT2D eigenvalue weighted by atomic mass is 19.1. The molecule has 0 heterocycles. The molecule has 2 aromatic rings. The third-order valence-corrected chi connectivity index (χ3v) is 3.13. The molecule has 0 bridgehead atoms. The molecule has 0 spiro atoms. The van der Waals surface area contributed by atoms with Gasteiger partial charge in [0, 0.05) is 23.5 Å². The van der Waals surface area contributed by atoms with Crippen molar-refractivity contribution in [3.63, 3.8) is 0 Å². The predicted octanol–water partition coefficient (Wildman–Crippen LogP) is 4.28. The summed E-state index contributed by atoms with van der Waals surface area (Å²) >= 11 is 0. The fraction of sp³-hybridized carbons (Fsp3) is 0.211. The molecule has 24 heavy (non-hydrogen) atoms. The maximum atomic E-state index is 13.9. The van der Waals surface area contributed by atoms with Gasteiger partial charge in [-0.3, -0.25) is 0 Å². The monoisotopic (exact) mass is 329 g/mol. The van der Waals surface area contributed by atoms with Crippen LogP contribution < -0.4 is 10.1 Å². The van der Waals surface area contributed by atoms with Crippen LogP contribution in [0.3, 0.4) is 0 Å². The van der Waals surface area contributed by atoms with Crippen LogP contribution >= 0.6 is 0 Å². The van der Waals surface area contributed by atoms with Gasteiger partial charge in [0.25, 0.3) is 0 Å². The van der Waals surface area contributed by atoms with Crippen molar-refractivity contribution >= 4 is 11.7 Å². The molecule has 126 valence electrons. The van der Waals surface area contributed by atoms with Crippen LogP contribution in [0.4, 0.5) is 10.1 Å². The highest BCUT2D eigenvalue weighted by molar-refractivity contribution is 5.83. The lowest BCUT2D eigenvalue weighted by molar-refractivity contribution is -0.137. The molecule has 0 radical (unpaired) electrons. The van der Waals surface area contributed by atoms with E-state index in [1.165, 1.54) is 12.1 Å². The van der Waals surface area contributed by atoms with Gasteiger partial charge in [-0.1, -0.05) is 30.3 Å². The summed E-state index contributed by atoms with van der Waals surface area (Å²) in [5.41, 5.74) is 2.17. The lowest BCUT2D eigenvalue weighted by atomic mass is 10.2. The Hall–Kier alpha value is -2.82. The first-order chi connectivity index (χ1) is 11.6. The second-order valence-electron chi connectivity index (χ2n) is 5.12. The summed E-state index contributed by atoms with van der Waals surface area (Å²) in [7, 11) is 0. The van der Waals surface area contributed by atoms with E-state index in [0.717, 1.165) is 5.56 Å². The van der Waals surface area contributed by atoms with E-state index in [4.69, 9.17) is 9.47 Å². The van der Waals surface area contributed by atoms with Gasteiger partial charge in [0.15, 0.2) is 11.6 Å². The van der Waals surface area contributed by atoms with E-state index < -0.39 is 11.8 Å². The van der Waals surface area contributed by atoms with Crippen molar-refractivity contribution in [1.29, 1.82) is 0 Å². The smallest absolute Gasteiger partial charge is 0.332 e. The highest BCUT2D eigenvalue weighted by Gasteiger charge is 2.06. The van der Waals surface area contributed by atoms with Crippen LogP contribution in [0.2, 0.25) is 0 Å². The van der Waals surface area contributed by atoms with Gasteiger partial charge in [-0.2, -0.15) is 0 Å². The van der Waals surface area contributed by atoms with Crippen LogP contribution in [0.15, 0.2) is 60.3 Å². The van der Waals surface area contributed by atoms with Gasteiger partial charge in [0.2, 0.25) is 0 Å². The SMILES string of the molecule is CCOC(=O)/C=C(/C)Nc1ccc(F)c(OCc2ccccc2)c1. The molecular weight excluding hydrogens is 309 g/mol. The molecule has 0 amide bonds. The number of esters is 1. The molecule has 0 saturated heterocycles. The molecule has 0 atom stereocenters. The number of hydrogen-bond donors (Lipinski definition) is 1. The largest absolute Gasteiger partial charge is 0.486 e. The van der Waals surface area contributed by atoms with Gasteiger partial charge in [-0.25, -0.2) is 9.18 Å². The Morgan fingerprint density at radius 2 is 1.96 bits per heavy atom. The summed E-state index contributed by atoms with van der Waals surface area (Å²) in [4.78, 5) is 11.4. The standard InChI is InChI=1S/C19H20FNO3/c1-3-23-19(22)11-14(2)21-16-9-10-17(20)18(12-16)24-13-15-7-5-4-6-8-15/h4-12,21H,3,13H2,1-2H3/b14-11-. The van der Waals surface area contributed by atoms with E-state index in [2.05, 4.69) is 5.32 Å². The summed E-state index contributed by atoms with van der Waals surface area (Å²) in [6, 6.07) is 14.0. The van der Waals surface area contributed by atoms with Crippen molar-refractivity contribution in [1.82, 2.24) is 0 Å². The lowest BCUT2D eigenvalue weighted by Gasteiger charge is -2.11. The van der Waals surface area contributed by atoms with Crippen molar-refractivity contribution in [2.75, 3.05) is 11.9 Å². The Morgan fingerprint density at radius 3 is 2.67 bits per heavy atom. The minimum Gasteiger partial charge on any atom is -0.486 e. The number of anilines is 1. The number of benzene rings is 2. The van der Waals surface area contributed by atoms with Crippen LogP contribution in [-0.4, -0.2) is 12.6 Å². The zero-order valence-corrected chi connectivity index (χ0v) is 13.7. The number of carbonyl (C=O) groups is 1. The normalized spacial score (nSPS) is 11.0. The topological polar surface area (TPSA) is 47.6 Å². The number of allylic oxidation sites excluding steroid dienone is 1. The summed E-state index contributed by atoms with van der Waals surface area (Å²) in [5.74, 6) is -0.721. The molecule has 1 N–H and O–H groups in total. The van der Waals surface area contributed by atoms with Crippen LogP contribution in [-0.2, 0) is 16.1 Å². The number of hydrogen-bond acceptors (Lipinski definition) is 4. The Kier molecular flexibility index (Phi) is 6.37. The number of ether oxygens (including phenoxy) is 2. The molecule has 0 unspecified atom stereocenters. The van der Waals surface area contributed by atoms with E-state index in [9.17, 15) is 9.18 Å². The molecule has 2 rings (SSSR count). The minimum absolute atomic E-state index is 0.146. The predicted molar refractivity (Wildman–Crippen MR) is 91.2 cm³/mol. The fourth-order valence-corrected chi connectivity index (χ4v) is 2.05. The zero-order chi connectivity index (χ0) is 17.4. The van der Waals surface area contributed by atoms with Gasteiger partial charge in [-0.05, 0) is 31.5 Å². The second-order valence-corrected chi connectivity index (χ2v) is 5.12. The Balaban J connectivity index is 2.03. The highest BCUT2D eigenvalue weighted by Crippen LogP contribution is 2.24. The Bertz CT molecular complexity index is 714. The van der Waals surface area contributed by atoms with Crippen LogP contribution in [0.5, 0.6) is 5.75 Å². The molecule has 2 aromatic carbocycles. The molecule has 0 aliphatic heterocycles. The molecular formula is C19H20FNO3. The van der Waals surface area contributed by atoms with Gasteiger partial charge < -0.3 is 14.8 Å². The molecule has 0 aromatic heterocycles. The minimum atomic E-state index is -0.441. The molecule has 0 fully saturated rings. The van der Waals surface area contributed by atoms with Crippen molar-refractivity contribution < 1.29 is 18.7 Å². The molecule has 0 aliphatic carbocycles. The molecule has 0 aliphatic rings. The van der Waals surface area contributed by atoms with E-state index in [1.807, 2.05) is 30.3 Å². The summed E-state index contributed by atoms with van der Waals surface area (Å²) in [6.45, 7) is 4.06. The van der Waals surface area contributed by atoms with E-state index in [1.54, 1.807) is 26.0 Å². The van der Waals surface area contributed by atoms with Crippen molar-refractivity contribution in [2.45, 2.75) is 20.5 Å². The zero-order valence-electron chi connectivity index (χ0n) is 13.7. The first kappa shape index (κ1) is 17.5. The second kappa shape index (κ2) is 8.72. The van der Waals surface area contributed by atoms with Gasteiger partial charge >= 0.3 is 5.97 Å². The van der Waals surface area contributed by atoms with Crippen LogP contribution in [0, 0.1) is 5.82 Å². The van der Waals surface area contributed by atoms with Crippen LogP contribution in [0.1, 0.15) is 19.4 Å². The van der Waals surface area contributed by atoms with Gasteiger partial charge in [0.05, 0.1) is 6.61 Å². The molecule has 0 saturated carbocycles. The lowest BCUT2D eigenvalue weighted by Crippen LogP contribution is -2.04. The Labute approximate surface area is 140 Å². The molecule has 5 heteroatoms. The average Bonchev–Trinajstić information content (AvgIpc) is 2.56. The number of halogens is 1. The van der Waals surface area contributed by atoms with Crippen LogP contribution in [0.25, 0.3) is 0 Å². The fourth-order valence-electron chi connectivity index (χ4n) is 2.05. The first-order valence-electron chi connectivity index (χ1n) is 7.67. The van der Waals surface area contributed by atoms with Gasteiger partial charge in [-0.15, -0.1) is 0 Å². The summed E-state index contributed by atoms with van der Waals surface area (Å²) < 4.78 is 24.3.